The normalized spacial score (nSPS) is 15.1. The number of carbonyl (C=O) groups is 2. The van der Waals surface area contributed by atoms with Crippen molar-refractivity contribution in [2.24, 2.45) is 0 Å². The van der Waals surface area contributed by atoms with Crippen LogP contribution < -0.4 is 0 Å². The molecule has 1 aromatic rings. The molecule has 0 N–H and O–H groups in total. The highest BCUT2D eigenvalue weighted by Gasteiger charge is 2.34. The first-order valence-corrected chi connectivity index (χ1v) is 14.0. The van der Waals surface area contributed by atoms with E-state index in [1.165, 1.54) is 89.5 Å². The molecule has 0 bridgehead atoms. The van der Waals surface area contributed by atoms with Crippen molar-refractivity contribution in [2.45, 2.75) is 134 Å². The van der Waals surface area contributed by atoms with E-state index in [1.54, 1.807) is 0 Å². The Morgan fingerprint density at radius 2 is 1.29 bits per heavy atom. The highest BCUT2D eigenvalue weighted by atomic mass is 16.6. The third kappa shape index (κ3) is 12.5. The third-order valence-corrected chi connectivity index (χ3v) is 7.33. The van der Waals surface area contributed by atoms with Gasteiger partial charge >= 0.3 is 5.97 Å². The van der Waals surface area contributed by atoms with Gasteiger partial charge in [-0.25, -0.2) is 4.79 Å². The van der Waals surface area contributed by atoms with Crippen LogP contribution in [0.5, 0.6) is 0 Å². The number of carbonyl (C=O) groups excluding carboxylic acids is 2. The van der Waals surface area contributed by atoms with Crippen LogP contribution in [0.25, 0.3) is 0 Å². The van der Waals surface area contributed by atoms with Gasteiger partial charge < -0.3 is 4.74 Å². The molecule has 0 atom stereocenters. The van der Waals surface area contributed by atoms with Crippen LogP contribution in [0, 0.1) is 0 Å². The van der Waals surface area contributed by atoms with Gasteiger partial charge in [0.25, 0.3) is 0 Å². The molecule has 0 spiro atoms. The summed E-state index contributed by atoms with van der Waals surface area (Å²) >= 11 is 0. The van der Waals surface area contributed by atoms with Crippen LogP contribution in [0.15, 0.2) is 43.0 Å². The summed E-state index contributed by atoms with van der Waals surface area (Å²) < 4.78 is 5.80. The molecule has 1 aliphatic rings. The van der Waals surface area contributed by atoms with Crippen LogP contribution >= 0.6 is 0 Å². The second kappa shape index (κ2) is 17.5. The lowest BCUT2D eigenvalue weighted by atomic mass is 9.81. The van der Waals surface area contributed by atoms with Crippen molar-refractivity contribution >= 4 is 11.8 Å². The summed E-state index contributed by atoms with van der Waals surface area (Å²) in [6, 6.07) is 10.1. The van der Waals surface area contributed by atoms with Gasteiger partial charge in [-0.15, -0.1) is 0 Å². The smallest absolute Gasteiger partial charge is 0.330 e. The van der Waals surface area contributed by atoms with Gasteiger partial charge in [0.15, 0.2) is 0 Å². The van der Waals surface area contributed by atoms with Crippen molar-refractivity contribution in [3.8, 4) is 0 Å². The van der Waals surface area contributed by atoms with Gasteiger partial charge in [0.2, 0.25) is 0 Å². The molecule has 1 fully saturated rings. The van der Waals surface area contributed by atoms with Gasteiger partial charge in [-0.3, -0.25) is 4.79 Å². The molecule has 0 saturated heterocycles. The zero-order chi connectivity index (χ0) is 24.3. The van der Waals surface area contributed by atoms with Gasteiger partial charge in [0.05, 0.1) is 0 Å². The minimum Gasteiger partial charge on any atom is -0.456 e. The lowest BCUT2D eigenvalue weighted by molar-refractivity contribution is -0.158. The van der Waals surface area contributed by atoms with E-state index in [-0.39, 0.29) is 11.6 Å². The Morgan fingerprint density at radius 1 is 0.765 bits per heavy atom. The van der Waals surface area contributed by atoms with Crippen molar-refractivity contribution in [3.05, 3.63) is 48.6 Å². The number of unbranched alkanes of at least 4 members (excludes halogenated alkanes) is 11. The summed E-state index contributed by atoms with van der Waals surface area (Å²) in [5.74, 6) is 0.122. The molecule has 3 heteroatoms. The fourth-order valence-electron chi connectivity index (χ4n) is 5.30. The molecule has 1 aromatic carbocycles. The standard InChI is InChI=1S/C31H48O3/c1-2-30(33)34-31(25-19-14-20-26-31)24-18-12-10-8-6-4-3-5-7-9-11-17-23-29(32)27-28-21-15-13-16-22-28/h2,13,15-16,21-22H,1,3-12,14,17-20,23-27H2. The molecule has 1 saturated carbocycles. The topological polar surface area (TPSA) is 43.4 Å². The molecule has 34 heavy (non-hydrogen) atoms. The minimum atomic E-state index is -0.251. The molecule has 0 radical (unpaired) electrons. The minimum absolute atomic E-state index is 0.210. The van der Waals surface area contributed by atoms with Crippen LogP contribution in [-0.2, 0) is 20.7 Å². The molecule has 0 heterocycles. The molecule has 190 valence electrons. The average Bonchev–Trinajstić information content (AvgIpc) is 2.85. The highest BCUT2D eigenvalue weighted by molar-refractivity contribution is 5.81. The van der Waals surface area contributed by atoms with Crippen molar-refractivity contribution in [1.29, 1.82) is 0 Å². The van der Waals surface area contributed by atoms with E-state index in [4.69, 9.17) is 4.74 Å². The molecule has 0 aliphatic heterocycles. The molecular formula is C31H48O3. The second-order valence-corrected chi connectivity index (χ2v) is 10.3. The van der Waals surface area contributed by atoms with E-state index in [0.717, 1.165) is 44.1 Å². The van der Waals surface area contributed by atoms with Crippen LogP contribution in [-0.4, -0.2) is 17.4 Å². The number of hydrogen-bond acceptors (Lipinski definition) is 3. The van der Waals surface area contributed by atoms with E-state index < -0.39 is 0 Å². The highest BCUT2D eigenvalue weighted by Crippen LogP contribution is 2.36. The predicted molar refractivity (Wildman–Crippen MR) is 142 cm³/mol. The summed E-state index contributed by atoms with van der Waals surface area (Å²) in [7, 11) is 0. The average molecular weight is 469 g/mol. The monoisotopic (exact) mass is 468 g/mol. The van der Waals surface area contributed by atoms with Gasteiger partial charge in [-0.2, -0.15) is 0 Å². The Kier molecular flexibility index (Phi) is 14.6. The third-order valence-electron chi connectivity index (χ3n) is 7.33. The predicted octanol–water partition coefficient (Wildman–Crippen LogP) is 8.69. The SMILES string of the molecule is C=CC(=O)OC1(CCCCCCCCCCCCCCC(=O)Cc2ccccc2)CCCCC1. The van der Waals surface area contributed by atoms with Gasteiger partial charge in [-0.05, 0) is 50.5 Å². The molecule has 0 aromatic heterocycles. The first kappa shape index (κ1) is 28.3. The van der Waals surface area contributed by atoms with Crippen LogP contribution in [0.2, 0.25) is 0 Å². The Balaban J connectivity index is 1.37. The Bertz CT molecular complexity index is 688. The fraction of sp³-hybridized carbons (Fsp3) is 0.677. The van der Waals surface area contributed by atoms with Crippen molar-refractivity contribution in [3.63, 3.8) is 0 Å². The van der Waals surface area contributed by atoms with Gasteiger partial charge in [-0.1, -0.05) is 108 Å². The summed E-state index contributed by atoms with van der Waals surface area (Å²) in [6.07, 6.45) is 24.5. The lowest BCUT2D eigenvalue weighted by Gasteiger charge is -2.36. The zero-order valence-electron chi connectivity index (χ0n) is 21.5. The largest absolute Gasteiger partial charge is 0.456 e. The van der Waals surface area contributed by atoms with Crippen LogP contribution in [0.4, 0.5) is 0 Å². The van der Waals surface area contributed by atoms with Crippen molar-refractivity contribution < 1.29 is 14.3 Å². The van der Waals surface area contributed by atoms with E-state index in [1.807, 2.05) is 30.3 Å². The van der Waals surface area contributed by atoms with Crippen LogP contribution in [0.3, 0.4) is 0 Å². The van der Waals surface area contributed by atoms with Gasteiger partial charge in [0.1, 0.15) is 11.4 Å². The number of rotatable bonds is 19. The van der Waals surface area contributed by atoms with Crippen LogP contribution in [0.1, 0.15) is 128 Å². The van der Waals surface area contributed by atoms with Crippen molar-refractivity contribution in [1.82, 2.24) is 0 Å². The number of Topliss-reactive ketones (excluding diaryl/α,β-unsaturated/α-hetero) is 1. The van der Waals surface area contributed by atoms with E-state index in [9.17, 15) is 9.59 Å². The van der Waals surface area contributed by atoms with E-state index in [0.29, 0.717) is 12.2 Å². The van der Waals surface area contributed by atoms with Gasteiger partial charge in [0, 0.05) is 18.9 Å². The number of ketones is 1. The summed E-state index contributed by atoms with van der Waals surface area (Å²) in [5.41, 5.74) is 0.924. The Labute approximate surface area is 208 Å². The maximum atomic E-state index is 12.0. The lowest BCUT2D eigenvalue weighted by Crippen LogP contribution is -2.36. The first-order valence-electron chi connectivity index (χ1n) is 14.0. The molecule has 0 amide bonds. The zero-order valence-corrected chi connectivity index (χ0v) is 21.5. The maximum Gasteiger partial charge on any atom is 0.330 e. The maximum absolute atomic E-state index is 12.0. The molecule has 2 rings (SSSR count). The second-order valence-electron chi connectivity index (χ2n) is 10.3. The summed E-state index contributed by atoms with van der Waals surface area (Å²) in [4.78, 5) is 23.8. The van der Waals surface area contributed by atoms with E-state index in [2.05, 4.69) is 6.58 Å². The first-order chi connectivity index (χ1) is 16.6. The quantitative estimate of drug-likeness (QED) is 0.116. The number of benzene rings is 1. The molecule has 3 nitrogen and oxygen atoms in total. The summed E-state index contributed by atoms with van der Waals surface area (Å²) in [5, 5.41) is 0. The van der Waals surface area contributed by atoms with Crippen molar-refractivity contribution in [2.75, 3.05) is 0 Å². The number of ether oxygens (including phenoxy) is 1. The molecular weight excluding hydrogens is 420 g/mol. The number of esters is 1. The molecule has 0 unspecified atom stereocenters. The fourth-order valence-corrected chi connectivity index (χ4v) is 5.30. The molecule has 1 aliphatic carbocycles. The number of hydrogen-bond donors (Lipinski definition) is 0. The van der Waals surface area contributed by atoms with E-state index >= 15 is 0 Å². The Morgan fingerprint density at radius 3 is 1.85 bits per heavy atom. The Hall–Kier alpha value is -1.90. The summed E-state index contributed by atoms with van der Waals surface area (Å²) in [6.45, 7) is 3.56.